The van der Waals surface area contributed by atoms with E-state index in [1.165, 1.54) is 12.3 Å². The molecular weight excluding hydrogens is 251 g/mol. The molecule has 94 valence electrons. The minimum absolute atomic E-state index is 0.323. The highest BCUT2D eigenvalue weighted by Gasteiger charge is 2.14. The van der Waals surface area contributed by atoms with Crippen LogP contribution in [-0.4, -0.2) is 36.1 Å². The van der Waals surface area contributed by atoms with E-state index in [2.05, 4.69) is 20.2 Å². The Kier molecular flexibility index (Phi) is 3.21. The number of anilines is 1. The normalized spacial score (nSPS) is 15.9. The summed E-state index contributed by atoms with van der Waals surface area (Å²) in [5.41, 5.74) is 1.53. The fraction of sp³-hybridized carbons (Fsp3) is 0.333. The molecule has 0 aliphatic carbocycles. The molecule has 2 aromatic rings. The number of aromatic nitrogens is 2. The minimum Gasteiger partial charge on any atom is -0.346 e. The Balaban J connectivity index is 1.82. The van der Waals surface area contributed by atoms with Gasteiger partial charge in [0, 0.05) is 31.6 Å². The first-order valence-electron chi connectivity index (χ1n) is 5.86. The first kappa shape index (κ1) is 11.6. The van der Waals surface area contributed by atoms with Crippen molar-refractivity contribution in [3.63, 3.8) is 0 Å². The summed E-state index contributed by atoms with van der Waals surface area (Å²) in [7, 11) is 0. The lowest BCUT2D eigenvalue weighted by Gasteiger charge is -2.26. The molecular formula is C12H13FN4S. The third-order valence-electron chi connectivity index (χ3n) is 2.87. The van der Waals surface area contributed by atoms with Crippen LogP contribution in [0.2, 0.25) is 0 Å². The van der Waals surface area contributed by atoms with Gasteiger partial charge in [-0.25, -0.2) is 9.37 Å². The van der Waals surface area contributed by atoms with Gasteiger partial charge in [-0.1, -0.05) is 0 Å². The molecule has 1 aliphatic rings. The average Bonchev–Trinajstić information content (AvgIpc) is 2.90. The number of thiazole rings is 1. The monoisotopic (exact) mass is 264 g/mol. The van der Waals surface area contributed by atoms with Gasteiger partial charge in [-0.15, -0.1) is 11.3 Å². The third-order valence-corrected chi connectivity index (χ3v) is 3.77. The number of halogens is 1. The van der Waals surface area contributed by atoms with Gasteiger partial charge in [0.2, 0.25) is 0 Å². The van der Waals surface area contributed by atoms with E-state index in [1.54, 1.807) is 17.4 Å². The van der Waals surface area contributed by atoms with Crippen LogP contribution < -0.4 is 10.2 Å². The smallest absolute Gasteiger partial charge is 0.186 e. The SMILES string of the molecule is Fc1ccc(-c2csc(N3CCNCC3)n2)nc1. The van der Waals surface area contributed by atoms with Gasteiger partial charge in [0.05, 0.1) is 11.9 Å². The molecule has 0 unspecified atom stereocenters. The lowest BCUT2D eigenvalue weighted by molar-refractivity contribution is 0.588. The van der Waals surface area contributed by atoms with Crippen molar-refractivity contribution in [3.05, 3.63) is 29.5 Å². The lowest BCUT2D eigenvalue weighted by atomic mass is 10.3. The largest absolute Gasteiger partial charge is 0.346 e. The van der Waals surface area contributed by atoms with Gasteiger partial charge in [-0.05, 0) is 12.1 Å². The maximum atomic E-state index is 12.8. The Bertz CT molecular complexity index is 519. The van der Waals surface area contributed by atoms with Crippen molar-refractivity contribution in [2.75, 3.05) is 31.1 Å². The predicted molar refractivity (Wildman–Crippen MR) is 70.4 cm³/mol. The van der Waals surface area contributed by atoms with Crippen LogP contribution in [0, 0.1) is 5.82 Å². The minimum atomic E-state index is -0.323. The van der Waals surface area contributed by atoms with Crippen LogP contribution in [0.15, 0.2) is 23.7 Å². The fourth-order valence-corrected chi connectivity index (χ4v) is 2.78. The predicted octanol–water partition coefficient (Wildman–Crippen LogP) is 1.75. The highest BCUT2D eigenvalue weighted by atomic mass is 32.1. The van der Waals surface area contributed by atoms with Crippen molar-refractivity contribution in [2.24, 2.45) is 0 Å². The molecule has 2 aromatic heterocycles. The number of pyridine rings is 1. The van der Waals surface area contributed by atoms with Gasteiger partial charge in [-0.2, -0.15) is 0 Å². The van der Waals surface area contributed by atoms with Crippen molar-refractivity contribution in [2.45, 2.75) is 0 Å². The second kappa shape index (κ2) is 4.99. The molecule has 1 saturated heterocycles. The van der Waals surface area contributed by atoms with Gasteiger partial charge >= 0.3 is 0 Å². The molecule has 3 heterocycles. The van der Waals surface area contributed by atoms with Crippen molar-refractivity contribution >= 4 is 16.5 Å². The highest BCUT2D eigenvalue weighted by molar-refractivity contribution is 7.14. The first-order chi connectivity index (χ1) is 8.83. The number of nitrogens with one attached hydrogen (secondary N) is 1. The Hall–Kier alpha value is -1.53. The Morgan fingerprint density at radius 3 is 2.78 bits per heavy atom. The number of piperazine rings is 1. The van der Waals surface area contributed by atoms with E-state index in [0.29, 0.717) is 5.69 Å². The summed E-state index contributed by atoms with van der Waals surface area (Å²) in [6.45, 7) is 3.93. The summed E-state index contributed by atoms with van der Waals surface area (Å²) in [6.07, 6.45) is 1.22. The Labute approximate surface area is 108 Å². The molecule has 1 fully saturated rings. The number of hydrogen-bond acceptors (Lipinski definition) is 5. The van der Waals surface area contributed by atoms with Crippen molar-refractivity contribution in [1.29, 1.82) is 0 Å². The Morgan fingerprint density at radius 1 is 1.22 bits per heavy atom. The van der Waals surface area contributed by atoms with E-state index in [-0.39, 0.29) is 5.82 Å². The molecule has 0 aromatic carbocycles. The molecule has 3 rings (SSSR count). The molecule has 0 atom stereocenters. The summed E-state index contributed by atoms with van der Waals surface area (Å²) >= 11 is 1.61. The molecule has 0 bridgehead atoms. The maximum absolute atomic E-state index is 12.8. The zero-order chi connectivity index (χ0) is 12.4. The summed E-state index contributed by atoms with van der Waals surface area (Å²) in [6, 6.07) is 3.07. The number of nitrogens with zero attached hydrogens (tertiary/aromatic N) is 3. The van der Waals surface area contributed by atoms with Crippen LogP contribution in [0.5, 0.6) is 0 Å². The van der Waals surface area contributed by atoms with E-state index in [1.807, 2.05) is 5.38 Å². The zero-order valence-corrected chi connectivity index (χ0v) is 10.6. The van der Waals surface area contributed by atoms with Crippen LogP contribution in [0.25, 0.3) is 11.4 Å². The van der Waals surface area contributed by atoms with Crippen molar-refractivity contribution in [1.82, 2.24) is 15.3 Å². The van der Waals surface area contributed by atoms with E-state index in [0.717, 1.165) is 37.0 Å². The molecule has 0 spiro atoms. The topological polar surface area (TPSA) is 41.0 Å². The summed E-state index contributed by atoms with van der Waals surface area (Å²) in [5, 5.41) is 6.29. The fourth-order valence-electron chi connectivity index (χ4n) is 1.91. The second-order valence-corrected chi connectivity index (χ2v) is 4.95. The van der Waals surface area contributed by atoms with Crippen LogP contribution in [-0.2, 0) is 0 Å². The molecule has 6 heteroatoms. The molecule has 0 radical (unpaired) electrons. The molecule has 4 nitrogen and oxygen atoms in total. The summed E-state index contributed by atoms with van der Waals surface area (Å²) in [4.78, 5) is 10.9. The standard InChI is InChI=1S/C12H13FN4S/c13-9-1-2-10(15-7-9)11-8-18-12(16-11)17-5-3-14-4-6-17/h1-2,7-8,14H,3-6H2. The van der Waals surface area contributed by atoms with E-state index < -0.39 is 0 Å². The van der Waals surface area contributed by atoms with E-state index >= 15 is 0 Å². The van der Waals surface area contributed by atoms with Crippen LogP contribution in [0.3, 0.4) is 0 Å². The molecule has 1 aliphatic heterocycles. The third kappa shape index (κ3) is 2.34. The molecule has 0 amide bonds. The maximum Gasteiger partial charge on any atom is 0.186 e. The molecule has 1 N–H and O–H groups in total. The van der Waals surface area contributed by atoms with Crippen LogP contribution >= 0.6 is 11.3 Å². The second-order valence-electron chi connectivity index (χ2n) is 4.11. The van der Waals surface area contributed by atoms with Crippen LogP contribution in [0.4, 0.5) is 9.52 Å². The zero-order valence-electron chi connectivity index (χ0n) is 9.77. The quantitative estimate of drug-likeness (QED) is 0.897. The van der Waals surface area contributed by atoms with Gasteiger partial charge < -0.3 is 10.2 Å². The lowest BCUT2D eigenvalue weighted by Crippen LogP contribution is -2.43. The highest BCUT2D eigenvalue weighted by Crippen LogP contribution is 2.26. The summed E-state index contributed by atoms with van der Waals surface area (Å²) in [5.74, 6) is -0.323. The van der Waals surface area contributed by atoms with E-state index in [4.69, 9.17) is 0 Å². The number of hydrogen-bond donors (Lipinski definition) is 1. The summed E-state index contributed by atoms with van der Waals surface area (Å²) < 4.78 is 12.8. The molecule has 18 heavy (non-hydrogen) atoms. The molecule has 0 saturated carbocycles. The van der Waals surface area contributed by atoms with E-state index in [9.17, 15) is 4.39 Å². The Morgan fingerprint density at radius 2 is 2.06 bits per heavy atom. The first-order valence-corrected chi connectivity index (χ1v) is 6.74. The van der Waals surface area contributed by atoms with Gasteiger partial charge in [0.1, 0.15) is 11.5 Å². The van der Waals surface area contributed by atoms with Crippen molar-refractivity contribution in [3.8, 4) is 11.4 Å². The number of rotatable bonds is 2. The van der Waals surface area contributed by atoms with Crippen molar-refractivity contribution < 1.29 is 4.39 Å². The average molecular weight is 264 g/mol. The van der Waals surface area contributed by atoms with Gasteiger partial charge in [0.25, 0.3) is 0 Å². The van der Waals surface area contributed by atoms with Crippen LogP contribution in [0.1, 0.15) is 0 Å². The van der Waals surface area contributed by atoms with Gasteiger partial charge in [-0.3, -0.25) is 4.98 Å². The van der Waals surface area contributed by atoms with Gasteiger partial charge in [0.15, 0.2) is 5.13 Å².